The maximum absolute atomic E-state index is 12.4. The van der Waals surface area contributed by atoms with Gasteiger partial charge in [0.1, 0.15) is 5.75 Å². The first-order chi connectivity index (χ1) is 9.31. The zero-order chi connectivity index (χ0) is 15.1. The Morgan fingerprint density at radius 2 is 1.90 bits per heavy atom. The Bertz CT molecular complexity index is 610. The van der Waals surface area contributed by atoms with Gasteiger partial charge < -0.3 is 9.47 Å². The van der Waals surface area contributed by atoms with Crippen LogP contribution in [0.15, 0.2) is 18.2 Å². The van der Waals surface area contributed by atoms with Crippen molar-refractivity contribution in [1.82, 2.24) is 0 Å². The minimum Gasteiger partial charge on any atom is -0.497 e. The molecule has 20 heavy (non-hydrogen) atoms. The van der Waals surface area contributed by atoms with Crippen molar-refractivity contribution >= 4 is 23.5 Å². The van der Waals surface area contributed by atoms with Crippen LogP contribution in [0.2, 0.25) is 0 Å². The van der Waals surface area contributed by atoms with Gasteiger partial charge in [0, 0.05) is 19.4 Å². The predicted octanol–water partition coefficient (Wildman–Crippen LogP) is 1.37. The van der Waals surface area contributed by atoms with E-state index in [4.69, 9.17) is 9.47 Å². The summed E-state index contributed by atoms with van der Waals surface area (Å²) in [5.41, 5.74) is -0.666. The number of benzene rings is 1. The molecule has 1 atom stereocenters. The van der Waals surface area contributed by atoms with Gasteiger partial charge in [-0.2, -0.15) is 0 Å². The lowest BCUT2D eigenvalue weighted by molar-refractivity contribution is -0.164. The van der Waals surface area contributed by atoms with Crippen LogP contribution in [0.3, 0.4) is 0 Å². The zero-order valence-electron chi connectivity index (χ0n) is 11.7. The summed E-state index contributed by atoms with van der Waals surface area (Å²) >= 11 is 0. The van der Waals surface area contributed by atoms with E-state index >= 15 is 0 Å². The topological polar surface area (TPSA) is 72.9 Å². The van der Waals surface area contributed by atoms with Gasteiger partial charge in [0.05, 0.1) is 12.8 Å². The molecule has 1 aliphatic rings. The number of nitrogens with zero attached hydrogens (tertiary/aromatic N) is 1. The molecule has 0 aromatic heterocycles. The number of carbonyl (C=O) groups excluding carboxylic acids is 3. The Balaban J connectivity index is 2.65. The number of ether oxygens (including phenoxy) is 2. The van der Waals surface area contributed by atoms with Crippen molar-refractivity contribution in [2.45, 2.75) is 26.4 Å². The molecule has 1 heterocycles. The third kappa shape index (κ3) is 1.93. The molecule has 6 heteroatoms. The molecular weight excluding hydrogens is 262 g/mol. The quantitative estimate of drug-likeness (QED) is 0.763. The van der Waals surface area contributed by atoms with Gasteiger partial charge >= 0.3 is 5.97 Å². The second kappa shape index (κ2) is 4.63. The number of methoxy groups -OCH3 is 1. The van der Waals surface area contributed by atoms with E-state index < -0.39 is 23.4 Å². The molecule has 1 unspecified atom stereocenters. The number of amides is 2. The Labute approximate surface area is 116 Å². The molecule has 6 nitrogen and oxygen atoms in total. The van der Waals surface area contributed by atoms with Crippen molar-refractivity contribution in [2.75, 3.05) is 12.0 Å². The number of fused-ring (bicyclic) bond motifs is 1. The normalized spacial score (nSPS) is 20.6. The molecule has 0 aliphatic carbocycles. The molecule has 106 valence electrons. The molecule has 2 amide bonds. The van der Waals surface area contributed by atoms with Crippen molar-refractivity contribution in [1.29, 1.82) is 0 Å². The van der Waals surface area contributed by atoms with Gasteiger partial charge in [0.2, 0.25) is 11.5 Å². The van der Waals surface area contributed by atoms with Crippen LogP contribution in [0.1, 0.15) is 26.3 Å². The van der Waals surface area contributed by atoms with Crippen LogP contribution in [0, 0.1) is 0 Å². The lowest BCUT2D eigenvalue weighted by Gasteiger charge is -2.23. The van der Waals surface area contributed by atoms with Crippen molar-refractivity contribution < 1.29 is 23.9 Å². The van der Waals surface area contributed by atoms with Crippen molar-refractivity contribution in [3.05, 3.63) is 23.8 Å². The Kier molecular flexibility index (Phi) is 3.25. The molecule has 1 aromatic carbocycles. The molecule has 0 radical (unpaired) electrons. The Hall–Kier alpha value is -2.37. The maximum Gasteiger partial charge on any atom is 0.304 e. The van der Waals surface area contributed by atoms with Crippen molar-refractivity contribution in [3.63, 3.8) is 0 Å². The van der Waals surface area contributed by atoms with Gasteiger partial charge in [-0.05, 0) is 25.1 Å². The van der Waals surface area contributed by atoms with Crippen LogP contribution in [-0.2, 0) is 24.7 Å². The molecule has 0 spiro atoms. The summed E-state index contributed by atoms with van der Waals surface area (Å²) in [4.78, 5) is 36.4. The SMILES string of the molecule is COc1ccc2c(c1)C(C)(OC(C)=O)C(=O)N2C(C)=O. The molecule has 0 saturated heterocycles. The van der Waals surface area contributed by atoms with E-state index in [2.05, 4.69) is 0 Å². The van der Waals surface area contributed by atoms with E-state index in [1.54, 1.807) is 18.2 Å². The van der Waals surface area contributed by atoms with Gasteiger partial charge in [0.25, 0.3) is 5.91 Å². The fourth-order valence-electron chi connectivity index (χ4n) is 2.36. The Morgan fingerprint density at radius 1 is 1.25 bits per heavy atom. The summed E-state index contributed by atoms with van der Waals surface area (Å²) < 4.78 is 10.3. The summed E-state index contributed by atoms with van der Waals surface area (Å²) in [7, 11) is 1.49. The third-order valence-corrected chi connectivity index (χ3v) is 3.23. The molecule has 1 aliphatic heterocycles. The van der Waals surface area contributed by atoms with Crippen LogP contribution < -0.4 is 9.64 Å². The van der Waals surface area contributed by atoms with Gasteiger partial charge in [-0.25, -0.2) is 4.90 Å². The van der Waals surface area contributed by atoms with Gasteiger partial charge in [-0.15, -0.1) is 0 Å². The number of esters is 1. The first-order valence-corrected chi connectivity index (χ1v) is 6.04. The summed E-state index contributed by atoms with van der Waals surface area (Å²) in [5, 5.41) is 0. The number of rotatable bonds is 2. The number of imide groups is 1. The Morgan fingerprint density at radius 3 is 2.40 bits per heavy atom. The second-order valence-corrected chi connectivity index (χ2v) is 4.67. The predicted molar refractivity (Wildman–Crippen MR) is 70.3 cm³/mol. The number of hydrogen-bond acceptors (Lipinski definition) is 5. The highest BCUT2D eigenvalue weighted by atomic mass is 16.6. The largest absolute Gasteiger partial charge is 0.497 e. The minimum atomic E-state index is -1.51. The van der Waals surface area contributed by atoms with Crippen LogP contribution >= 0.6 is 0 Å². The first-order valence-electron chi connectivity index (χ1n) is 6.04. The van der Waals surface area contributed by atoms with E-state index in [1.807, 2.05) is 0 Å². The maximum atomic E-state index is 12.4. The standard InChI is InChI=1S/C14H15NO5/c1-8(16)15-12-6-5-10(19-4)7-11(12)14(3,13(15)18)20-9(2)17/h5-7H,1-4H3. The molecule has 0 N–H and O–H groups in total. The lowest BCUT2D eigenvalue weighted by atomic mass is 9.97. The summed E-state index contributed by atoms with van der Waals surface area (Å²) in [6, 6.07) is 4.84. The van der Waals surface area contributed by atoms with Crippen LogP contribution in [-0.4, -0.2) is 24.9 Å². The van der Waals surface area contributed by atoms with Crippen LogP contribution in [0.5, 0.6) is 5.75 Å². The highest BCUT2D eigenvalue weighted by molar-refractivity contribution is 6.22. The molecular formula is C14H15NO5. The van der Waals surface area contributed by atoms with E-state index in [1.165, 1.54) is 27.9 Å². The number of carbonyl (C=O) groups is 3. The van der Waals surface area contributed by atoms with E-state index in [0.29, 0.717) is 17.0 Å². The smallest absolute Gasteiger partial charge is 0.304 e. The van der Waals surface area contributed by atoms with Gasteiger partial charge in [0.15, 0.2) is 0 Å². The molecule has 2 rings (SSSR count). The average molecular weight is 277 g/mol. The fraction of sp³-hybridized carbons (Fsp3) is 0.357. The summed E-state index contributed by atoms with van der Waals surface area (Å²) in [6.07, 6.45) is 0. The zero-order valence-corrected chi connectivity index (χ0v) is 11.7. The highest BCUT2D eigenvalue weighted by Gasteiger charge is 2.52. The minimum absolute atomic E-state index is 0.409. The number of anilines is 1. The average Bonchev–Trinajstić information content (AvgIpc) is 2.57. The molecule has 0 bridgehead atoms. The summed E-state index contributed by atoms with van der Waals surface area (Å²) in [5.74, 6) is -1.10. The summed E-state index contributed by atoms with van der Waals surface area (Å²) in [6.45, 7) is 3.97. The van der Waals surface area contributed by atoms with Crippen molar-refractivity contribution in [3.8, 4) is 5.75 Å². The first kappa shape index (κ1) is 14.0. The van der Waals surface area contributed by atoms with Crippen LogP contribution in [0.25, 0.3) is 0 Å². The van der Waals surface area contributed by atoms with Gasteiger partial charge in [-0.1, -0.05) is 0 Å². The van der Waals surface area contributed by atoms with Gasteiger partial charge in [-0.3, -0.25) is 14.4 Å². The fourth-order valence-corrected chi connectivity index (χ4v) is 2.36. The van der Waals surface area contributed by atoms with E-state index in [-0.39, 0.29) is 0 Å². The lowest BCUT2D eigenvalue weighted by Crippen LogP contribution is -2.43. The third-order valence-electron chi connectivity index (χ3n) is 3.23. The second-order valence-electron chi connectivity index (χ2n) is 4.67. The number of hydrogen-bond donors (Lipinski definition) is 0. The van der Waals surface area contributed by atoms with Crippen molar-refractivity contribution in [2.24, 2.45) is 0 Å². The highest BCUT2D eigenvalue weighted by Crippen LogP contribution is 2.44. The molecule has 0 saturated carbocycles. The monoisotopic (exact) mass is 277 g/mol. The van der Waals surface area contributed by atoms with E-state index in [0.717, 1.165) is 4.90 Å². The molecule has 1 aromatic rings. The van der Waals surface area contributed by atoms with Crippen LogP contribution in [0.4, 0.5) is 5.69 Å². The molecule has 0 fully saturated rings. The van der Waals surface area contributed by atoms with E-state index in [9.17, 15) is 14.4 Å².